The Hall–Kier alpha value is -0.260. The Kier molecular flexibility index (Phi) is 5.38. The van der Waals surface area contributed by atoms with Crippen molar-refractivity contribution < 1.29 is 0 Å². The molecule has 0 aromatic carbocycles. The Balaban J connectivity index is 3.77. The highest BCUT2D eigenvalue weighted by atomic mass is 14.1. The average molecular weight is 140 g/mol. The van der Waals surface area contributed by atoms with Crippen LogP contribution in [0.2, 0.25) is 0 Å². The molecule has 0 aromatic rings. The zero-order valence-corrected chi connectivity index (χ0v) is 7.78. The molecule has 0 amide bonds. The van der Waals surface area contributed by atoms with E-state index >= 15 is 0 Å². The summed E-state index contributed by atoms with van der Waals surface area (Å²) in [7, 11) is 0. The van der Waals surface area contributed by atoms with Crippen molar-refractivity contribution >= 4 is 0 Å². The Morgan fingerprint density at radius 1 is 1.40 bits per heavy atom. The third-order valence-corrected chi connectivity index (χ3v) is 2.13. The SMILES string of the molecule is C/C=C(/CC)[C@H](C)CCC. The Morgan fingerprint density at radius 2 is 2.00 bits per heavy atom. The predicted molar refractivity (Wildman–Crippen MR) is 48.1 cm³/mol. The summed E-state index contributed by atoms with van der Waals surface area (Å²) in [6.07, 6.45) is 6.13. The van der Waals surface area contributed by atoms with Crippen LogP contribution in [0.15, 0.2) is 11.6 Å². The number of rotatable bonds is 4. The second-order valence-corrected chi connectivity index (χ2v) is 2.91. The molecule has 0 bridgehead atoms. The number of hydrogen-bond donors (Lipinski definition) is 0. The van der Waals surface area contributed by atoms with Crippen LogP contribution in [0.4, 0.5) is 0 Å². The molecule has 0 nitrogen and oxygen atoms in total. The highest BCUT2D eigenvalue weighted by Gasteiger charge is 2.03. The van der Waals surface area contributed by atoms with Gasteiger partial charge in [-0.05, 0) is 25.7 Å². The van der Waals surface area contributed by atoms with E-state index < -0.39 is 0 Å². The number of hydrogen-bond acceptors (Lipinski definition) is 0. The maximum atomic E-state index is 2.32. The third-order valence-electron chi connectivity index (χ3n) is 2.13. The van der Waals surface area contributed by atoms with Gasteiger partial charge in [-0.2, -0.15) is 0 Å². The van der Waals surface area contributed by atoms with Gasteiger partial charge >= 0.3 is 0 Å². The lowest BCUT2D eigenvalue weighted by Crippen LogP contribution is -1.97. The fourth-order valence-corrected chi connectivity index (χ4v) is 1.46. The van der Waals surface area contributed by atoms with Gasteiger partial charge in [0, 0.05) is 0 Å². The summed E-state index contributed by atoms with van der Waals surface area (Å²) in [6.45, 7) is 8.95. The van der Waals surface area contributed by atoms with Crippen molar-refractivity contribution in [3.05, 3.63) is 11.6 Å². The van der Waals surface area contributed by atoms with Gasteiger partial charge in [-0.15, -0.1) is 0 Å². The molecule has 0 unspecified atom stereocenters. The lowest BCUT2D eigenvalue weighted by Gasteiger charge is -2.12. The van der Waals surface area contributed by atoms with Gasteiger partial charge in [0.15, 0.2) is 0 Å². The van der Waals surface area contributed by atoms with Crippen LogP contribution in [0.5, 0.6) is 0 Å². The maximum absolute atomic E-state index is 2.32. The van der Waals surface area contributed by atoms with Gasteiger partial charge < -0.3 is 0 Å². The molecule has 0 heteroatoms. The van der Waals surface area contributed by atoms with Crippen LogP contribution in [0.3, 0.4) is 0 Å². The van der Waals surface area contributed by atoms with Gasteiger partial charge in [-0.25, -0.2) is 0 Å². The van der Waals surface area contributed by atoms with Crippen LogP contribution in [-0.2, 0) is 0 Å². The van der Waals surface area contributed by atoms with Gasteiger partial charge in [-0.3, -0.25) is 0 Å². The molecule has 0 aliphatic carbocycles. The molecule has 0 heterocycles. The van der Waals surface area contributed by atoms with Crippen molar-refractivity contribution in [3.63, 3.8) is 0 Å². The van der Waals surface area contributed by atoms with Gasteiger partial charge in [0.1, 0.15) is 0 Å². The summed E-state index contributed by atoms with van der Waals surface area (Å²) in [5.74, 6) is 0.806. The summed E-state index contributed by atoms with van der Waals surface area (Å²) in [5.41, 5.74) is 1.61. The van der Waals surface area contributed by atoms with Gasteiger partial charge in [0.2, 0.25) is 0 Å². The quantitative estimate of drug-likeness (QED) is 0.521. The monoisotopic (exact) mass is 140 g/mol. The lowest BCUT2D eigenvalue weighted by atomic mass is 9.94. The molecule has 0 radical (unpaired) electrons. The van der Waals surface area contributed by atoms with E-state index in [1.165, 1.54) is 19.3 Å². The highest BCUT2D eigenvalue weighted by Crippen LogP contribution is 2.18. The Morgan fingerprint density at radius 3 is 2.30 bits per heavy atom. The second-order valence-electron chi connectivity index (χ2n) is 2.91. The molecule has 0 aliphatic rings. The first-order valence-corrected chi connectivity index (χ1v) is 4.41. The molecule has 0 rings (SSSR count). The van der Waals surface area contributed by atoms with Crippen molar-refractivity contribution in [2.75, 3.05) is 0 Å². The third kappa shape index (κ3) is 3.05. The summed E-state index contributed by atoms with van der Waals surface area (Å²) in [4.78, 5) is 0. The second kappa shape index (κ2) is 5.52. The van der Waals surface area contributed by atoms with E-state index in [1.807, 2.05) is 0 Å². The van der Waals surface area contributed by atoms with E-state index in [0.717, 1.165) is 5.92 Å². The first kappa shape index (κ1) is 9.74. The van der Waals surface area contributed by atoms with Crippen LogP contribution < -0.4 is 0 Å². The lowest BCUT2D eigenvalue weighted by molar-refractivity contribution is 0.585. The van der Waals surface area contributed by atoms with E-state index in [9.17, 15) is 0 Å². The van der Waals surface area contributed by atoms with Gasteiger partial charge in [-0.1, -0.05) is 38.8 Å². The average Bonchev–Trinajstić information content (AvgIpc) is 1.91. The van der Waals surface area contributed by atoms with Gasteiger partial charge in [0.25, 0.3) is 0 Å². The minimum absolute atomic E-state index is 0.806. The molecule has 0 fully saturated rings. The summed E-state index contributed by atoms with van der Waals surface area (Å²) >= 11 is 0. The summed E-state index contributed by atoms with van der Waals surface area (Å²) in [6, 6.07) is 0. The molecular weight excluding hydrogens is 120 g/mol. The minimum atomic E-state index is 0.806. The van der Waals surface area contributed by atoms with Crippen molar-refractivity contribution in [1.82, 2.24) is 0 Å². The summed E-state index contributed by atoms with van der Waals surface area (Å²) < 4.78 is 0. The standard InChI is InChI=1S/C10H20/c1-5-8-9(4)10(6-2)7-3/h6,9H,5,7-8H2,1-4H3/b10-6-/t9-/m1/s1. The van der Waals surface area contributed by atoms with E-state index in [2.05, 4.69) is 33.8 Å². The van der Waals surface area contributed by atoms with Crippen molar-refractivity contribution in [2.24, 2.45) is 5.92 Å². The largest absolute Gasteiger partial charge is 0.0882 e. The molecule has 60 valence electrons. The van der Waals surface area contributed by atoms with Crippen molar-refractivity contribution in [3.8, 4) is 0 Å². The van der Waals surface area contributed by atoms with E-state index in [0.29, 0.717) is 0 Å². The summed E-state index contributed by atoms with van der Waals surface area (Å²) in [5, 5.41) is 0. The predicted octanol–water partition coefficient (Wildman–Crippen LogP) is 3.78. The topological polar surface area (TPSA) is 0 Å². The molecule has 0 aromatic heterocycles. The molecule has 1 atom stereocenters. The van der Waals surface area contributed by atoms with Crippen LogP contribution >= 0.6 is 0 Å². The van der Waals surface area contributed by atoms with Crippen molar-refractivity contribution in [1.29, 1.82) is 0 Å². The fraction of sp³-hybridized carbons (Fsp3) is 0.800. The molecule has 0 spiro atoms. The minimum Gasteiger partial charge on any atom is -0.0882 e. The van der Waals surface area contributed by atoms with Crippen LogP contribution in [0.25, 0.3) is 0 Å². The van der Waals surface area contributed by atoms with Gasteiger partial charge in [0.05, 0.1) is 0 Å². The first-order valence-electron chi connectivity index (χ1n) is 4.41. The molecule has 0 saturated heterocycles. The zero-order chi connectivity index (χ0) is 7.98. The maximum Gasteiger partial charge on any atom is -0.0232 e. The zero-order valence-electron chi connectivity index (χ0n) is 7.78. The molecule has 0 saturated carbocycles. The van der Waals surface area contributed by atoms with E-state index in [-0.39, 0.29) is 0 Å². The molecular formula is C10H20. The van der Waals surface area contributed by atoms with Crippen LogP contribution in [0, 0.1) is 5.92 Å². The highest BCUT2D eigenvalue weighted by molar-refractivity contribution is 5.03. The molecule has 0 N–H and O–H groups in total. The Bertz CT molecular complexity index is 101. The Labute approximate surface area is 65.3 Å². The smallest absolute Gasteiger partial charge is 0.0232 e. The molecule has 0 aliphatic heterocycles. The normalized spacial score (nSPS) is 15.4. The fourth-order valence-electron chi connectivity index (χ4n) is 1.46. The van der Waals surface area contributed by atoms with Crippen LogP contribution in [0.1, 0.15) is 47.0 Å². The van der Waals surface area contributed by atoms with Crippen molar-refractivity contribution in [2.45, 2.75) is 47.0 Å². The number of allylic oxidation sites excluding steroid dienone is 2. The van der Waals surface area contributed by atoms with E-state index in [1.54, 1.807) is 5.57 Å². The first-order chi connectivity index (χ1) is 4.76. The van der Waals surface area contributed by atoms with E-state index in [4.69, 9.17) is 0 Å². The molecule has 10 heavy (non-hydrogen) atoms. The van der Waals surface area contributed by atoms with Crippen LogP contribution in [-0.4, -0.2) is 0 Å².